The van der Waals surface area contributed by atoms with Gasteiger partial charge in [-0.15, -0.1) is 5.10 Å². The average Bonchev–Trinajstić information content (AvgIpc) is 3.43. The number of carbonyl (C=O) groups is 1. The fourth-order valence-corrected chi connectivity index (χ4v) is 2.99. The molecule has 1 heterocycles. The minimum absolute atomic E-state index is 0.0500. The molecule has 1 aliphatic rings. The van der Waals surface area contributed by atoms with Crippen molar-refractivity contribution in [2.45, 2.75) is 38.6 Å². The molecule has 7 nitrogen and oxygen atoms in total. The molecular formula is C21H23N5O2. The number of benzene rings is 2. The van der Waals surface area contributed by atoms with E-state index in [9.17, 15) is 4.79 Å². The van der Waals surface area contributed by atoms with Gasteiger partial charge in [-0.05, 0) is 59.0 Å². The van der Waals surface area contributed by atoms with Gasteiger partial charge in [0.25, 0.3) is 5.91 Å². The van der Waals surface area contributed by atoms with Gasteiger partial charge in [-0.25, -0.2) is 4.68 Å². The Morgan fingerprint density at radius 2 is 2.04 bits per heavy atom. The average molecular weight is 377 g/mol. The van der Waals surface area contributed by atoms with Crippen LogP contribution in [0.25, 0.3) is 11.4 Å². The zero-order valence-electron chi connectivity index (χ0n) is 16.0. The van der Waals surface area contributed by atoms with Crippen LogP contribution in [0.4, 0.5) is 5.69 Å². The van der Waals surface area contributed by atoms with E-state index in [0.717, 1.165) is 24.2 Å². The fraction of sp³-hybridized carbons (Fsp3) is 0.333. The lowest BCUT2D eigenvalue weighted by Gasteiger charge is -2.11. The summed E-state index contributed by atoms with van der Waals surface area (Å²) in [6.45, 7) is 4.20. The third-order valence-corrected chi connectivity index (χ3v) is 4.68. The van der Waals surface area contributed by atoms with Crippen molar-refractivity contribution in [3.63, 3.8) is 0 Å². The zero-order valence-corrected chi connectivity index (χ0v) is 16.0. The van der Waals surface area contributed by atoms with Crippen molar-refractivity contribution >= 4 is 11.6 Å². The van der Waals surface area contributed by atoms with Gasteiger partial charge in [0.1, 0.15) is 5.75 Å². The predicted octanol–water partition coefficient (Wildman–Crippen LogP) is 3.82. The van der Waals surface area contributed by atoms with Crippen LogP contribution in [0.1, 0.15) is 44.2 Å². The molecule has 7 heteroatoms. The van der Waals surface area contributed by atoms with E-state index in [2.05, 4.69) is 40.8 Å². The molecule has 0 unspecified atom stereocenters. The smallest absolute Gasteiger partial charge is 0.262 e. The largest absolute Gasteiger partial charge is 0.484 e. The van der Waals surface area contributed by atoms with Crippen molar-refractivity contribution in [3.8, 4) is 17.1 Å². The molecule has 1 saturated carbocycles. The lowest BCUT2D eigenvalue weighted by Crippen LogP contribution is -2.20. The molecule has 2 aromatic carbocycles. The molecule has 1 aromatic heterocycles. The molecule has 1 fully saturated rings. The number of carbonyl (C=O) groups excluding carboxylic acids is 1. The quantitative estimate of drug-likeness (QED) is 0.677. The van der Waals surface area contributed by atoms with Gasteiger partial charge >= 0.3 is 0 Å². The first-order valence-electron chi connectivity index (χ1n) is 9.51. The van der Waals surface area contributed by atoms with E-state index in [0.29, 0.717) is 23.4 Å². The summed E-state index contributed by atoms with van der Waals surface area (Å²) in [6.07, 6.45) is 2.20. The van der Waals surface area contributed by atoms with Gasteiger partial charge < -0.3 is 10.1 Å². The first-order chi connectivity index (χ1) is 13.6. The number of nitrogens with zero attached hydrogens (tertiary/aromatic N) is 4. The number of aromatic nitrogens is 4. The second kappa shape index (κ2) is 7.80. The molecule has 0 bridgehead atoms. The van der Waals surface area contributed by atoms with Crippen molar-refractivity contribution in [1.29, 1.82) is 0 Å². The molecule has 1 aliphatic carbocycles. The number of hydrogen-bond donors (Lipinski definition) is 1. The number of anilines is 1. The molecule has 0 spiro atoms. The van der Waals surface area contributed by atoms with Crippen molar-refractivity contribution in [2.24, 2.45) is 0 Å². The lowest BCUT2D eigenvalue weighted by atomic mass is 10.0. The number of nitrogens with one attached hydrogen (secondary N) is 1. The topological polar surface area (TPSA) is 81.9 Å². The van der Waals surface area contributed by atoms with Gasteiger partial charge in [0.2, 0.25) is 0 Å². The lowest BCUT2D eigenvalue weighted by molar-refractivity contribution is -0.118. The predicted molar refractivity (Wildman–Crippen MR) is 106 cm³/mol. The van der Waals surface area contributed by atoms with E-state index in [1.807, 2.05) is 47.1 Å². The summed E-state index contributed by atoms with van der Waals surface area (Å²) in [7, 11) is 0. The Labute approximate surface area is 163 Å². The van der Waals surface area contributed by atoms with Crippen molar-refractivity contribution in [3.05, 3.63) is 54.1 Å². The first kappa shape index (κ1) is 18.2. The minimum atomic E-state index is -0.214. The van der Waals surface area contributed by atoms with E-state index in [1.54, 1.807) is 0 Å². The number of hydrogen-bond acceptors (Lipinski definition) is 5. The van der Waals surface area contributed by atoms with E-state index in [-0.39, 0.29) is 12.5 Å². The Kier molecular flexibility index (Phi) is 5.06. The second-order valence-corrected chi connectivity index (χ2v) is 7.32. The Balaban J connectivity index is 1.39. The highest BCUT2D eigenvalue weighted by Gasteiger charge is 2.28. The zero-order chi connectivity index (χ0) is 19.5. The highest BCUT2D eigenvalue weighted by Crippen LogP contribution is 2.36. The molecule has 1 N–H and O–H groups in total. The Bertz CT molecular complexity index is 978. The van der Waals surface area contributed by atoms with Gasteiger partial charge in [-0.1, -0.05) is 38.1 Å². The molecule has 3 aromatic rings. The van der Waals surface area contributed by atoms with Crippen LogP contribution in [-0.4, -0.2) is 32.7 Å². The normalized spacial score (nSPS) is 13.5. The Hall–Kier alpha value is -3.22. The molecule has 0 aliphatic heterocycles. The van der Waals surface area contributed by atoms with Crippen LogP contribution in [-0.2, 0) is 4.79 Å². The molecular weight excluding hydrogens is 354 g/mol. The maximum Gasteiger partial charge on any atom is 0.262 e. The number of rotatable bonds is 7. The summed E-state index contributed by atoms with van der Waals surface area (Å²) in [5.74, 6) is 1.61. The SMILES string of the molecule is CC(C)c1cccc(OCC(=O)Nc2cccc(-c3nnnn3C3CC3)c2)c1. The number of amides is 1. The van der Waals surface area contributed by atoms with Gasteiger partial charge in [0, 0.05) is 11.3 Å². The highest BCUT2D eigenvalue weighted by molar-refractivity contribution is 5.92. The summed E-state index contributed by atoms with van der Waals surface area (Å²) in [4.78, 5) is 12.3. The molecule has 4 rings (SSSR count). The van der Waals surface area contributed by atoms with Crippen LogP contribution < -0.4 is 10.1 Å². The van der Waals surface area contributed by atoms with Gasteiger partial charge in [0.15, 0.2) is 12.4 Å². The van der Waals surface area contributed by atoms with Crippen molar-refractivity contribution in [2.75, 3.05) is 11.9 Å². The number of tetrazole rings is 1. The standard InChI is InChI=1S/C21H23N5O2/c1-14(2)15-5-4-8-19(12-15)28-13-20(27)22-17-7-3-6-16(11-17)21-23-24-25-26(21)18-9-10-18/h3-8,11-12,14,18H,9-10,13H2,1-2H3,(H,22,27). The summed E-state index contributed by atoms with van der Waals surface area (Å²) < 4.78 is 7.50. The van der Waals surface area contributed by atoms with Gasteiger partial charge in [0.05, 0.1) is 6.04 Å². The van der Waals surface area contributed by atoms with Crippen LogP contribution in [0.5, 0.6) is 5.75 Å². The van der Waals surface area contributed by atoms with Crippen molar-refractivity contribution in [1.82, 2.24) is 20.2 Å². The Morgan fingerprint density at radius 3 is 2.82 bits per heavy atom. The number of ether oxygens (including phenoxy) is 1. The second-order valence-electron chi connectivity index (χ2n) is 7.32. The fourth-order valence-electron chi connectivity index (χ4n) is 2.99. The maximum absolute atomic E-state index is 12.3. The van der Waals surface area contributed by atoms with Crippen LogP contribution in [0, 0.1) is 0 Å². The van der Waals surface area contributed by atoms with E-state index < -0.39 is 0 Å². The van der Waals surface area contributed by atoms with Crippen molar-refractivity contribution < 1.29 is 9.53 Å². The van der Waals surface area contributed by atoms with E-state index in [4.69, 9.17) is 4.74 Å². The Morgan fingerprint density at radius 1 is 1.21 bits per heavy atom. The molecule has 1 amide bonds. The molecule has 0 saturated heterocycles. The van der Waals surface area contributed by atoms with E-state index >= 15 is 0 Å². The van der Waals surface area contributed by atoms with Crippen LogP contribution >= 0.6 is 0 Å². The first-order valence-corrected chi connectivity index (χ1v) is 9.51. The summed E-state index contributed by atoms with van der Waals surface area (Å²) in [5.41, 5.74) is 2.74. The van der Waals surface area contributed by atoms with E-state index in [1.165, 1.54) is 5.56 Å². The molecule has 28 heavy (non-hydrogen) atoms. The van der Waals surface area contributed by atoms with Crippen LogP contribution in [0.15, 0.2) is 48.5 Å². The third-order valence-electron chi connectivity index (χ3n) is 4.68. The third kappa shape index (κ3) is 4.19. The van der Waals surface area contributed by atoms with Crippen LogP contribution in [0.3, 0.4) is 0 Å². The molecule has 0 atom stereocenters. The molecule has 0 radical (unpaired) electrons. The van der Waals surface area contributed by atoms with Crippen LogP contribution in [0.2, 0.25) is 0 Å². The van der Waals surface area contributed by atoms with Gasteiger partial charge in [-0.3, -0.25) is 4.79 Å². The summed E-state index contributed by atoms with van der Waals surface area (Å²) >= 11 is 0. The summed E-state index contributed by atoms with van der Waals surface area (Å²) in [5, 5.41) is 14.9. The maximum atomic E-state index is 12.3. The monoisotopic (exact) mass is 377 g/mol. The summed E-state index contributed by atoms with van der Waals surface area (Å²) in [6, 6.07) is 15.7. The molecule has 144 valence electrons. The minimum Gasteiger partial charge on any atom is -0.484 e. The highest BCUT2D eigenvalue weighted by atomic mass is 16.5. The van der Waals surface area contributed by atoms with Gasteiger partial charge in [-0.2, -0.15) is 0 Å².